The average Bonchev–Trinajstić information content (AvgIpc) is 2.50. The molecular weight excluding hydrogens is 322 g/mol. The van der Waals surface area contributed by atoms with Gasteiger partial charge in [0.25, 0.3) is 0 Å². The van der Waals surface area contributed by atoms with Gasteiger partial charge >= 0.3 is 6.09 Å². The molecule has 0 saturated carbocycles. The van der Waals surface area contributed by atoms with E-state index in [9.17, 15) is 9.59 Å². The number of nitrogens with one attached hydrogen (secondary N) is 2. The maximum Gasteiger partial charge on any atom is 0.408 e. The Kier molecular flexibility index (Phi) is 8.65. The molecule has 146 valence electrons. The minimum atomic E-state index is -0.605. The summed E-state index contributed by atoms with van der Waals surface area (Å²) in [5.74, 6) is -0.149. The van der Waals surface area contributed by atoms with Crippen molar-refractivity contribution >= 4 is 12.0 Å². The van der Waals surface area contributed by atoms with Crippen LogP contribution in [0.3, 0.4) is 0 Å². The number of alkyl carbamates (subject to hydrolysis) is 1. The van der Waals surface area contributed by atoms with Gasteiger partial charge in [-0.05, 0) is 33.6 Å². The average molecular weight is 357 g/mol. The van der Waals surface area contributed by atoms with Crippen molar-refractivity contribution in [1.82, 2.24) is 15.5 Å². The molecule has 0 spiro atoms. The summed E-state index contributed by atoms with van der Waals surface area (Å²) in [6, 6.07) is -0.607. The van der Waals surface area contributed by atoms with Crippen LogP contribution in [0.25, 0.3) is 0 Å². The lowest BCUT2D eigenvalue weighted by atomic mass is 9.98. The van der Waals surface area contributed by atoms with Gasteiger partial charge in [0, 0.05) is 25.7 Å². The summed E-state index contributed by atoms with van der Waals surface area (Å²) in [7, 11) is 0. The van der Waals surface area contributed by atoms with Crippen molar-refractivity contribution in [2.45, 2.75) is 65.6 Å². The van der Waals surface area contributed by atoms with Crippen molar-refractivity contribution in [3.63, 3.8) is 0 Å². The predicted octanol–water partition coefficient (Wildman–Crippen LogP) is 1.76. The molecule has 2 N–H and O–H groups in total. The van der Waals surface area contributed by atoms with Gasteiger partial charge in [-0.2, -0.15) is 0 Å². The van der Waals surface area contributed by atoms with Crippen LogP contribution in [0.5, 0.6) is 0 Å². The largest absolute Gasteiger partial charge is 0.444 e. The molecule has 1 saturated heterocycles. The third-order valence-electron chi connectivity index (χ3n) is 4.19. The molecule has 0 aromatic rings. The highest BCUT2D eigenvalue weighted by molar-refractivity contribution is 5.86. The number of ether oxygens (including phenoxy) is 2. The number of carbonyl (C=O) groups is 2. The van der Waals surface area contributed by atoms with E-state index in [1.807, 2.05) is 20.8 Å². The van der Waals surface area contributed by atoms with E-state index < -0.39 is 17.7 Å². The second kappa shape index (κ2) is 9.97. The molecule has 0 aliphatic carbocycles. The first-order valence-corrected chi connectivity index (χ1v) is 9.22. The smallest absolute Gasteiger partial charge is 0.408 e. The summed E-state index contributed by atoms with van der Waals surface area (Å²) in [5.41, 5.74) is -0.593. The van der Waals surface area contributed by atoms with Crippen LogP contribution >= 0.6 is 0 Å². The monoisotopic (exact) mass is 357 g/mol. The molecule has 1 heterocycles. The number of carbonyl (C=O) groups excluding carboxylic acids is 2. The fourth-order valence-corrected chi connectivity index (χ4v) is 2.69. The van der Waals surface area contributed by atoms with Crippen LogP contribution in [0, 0.1) is 5.92 Å². The van der Waals surface area contributed by atoms with Gasteiger partial charge < -0.3 is 20.1 Å². The van der Waals surface area contributed by atoms with Gasteiger partial charge in [-0.15, -0.1) is 0 Å². The fraction of sp³-hybridized carbons (Fsp3) is 0.889. The first-order valence-electron chi connectivity index (χ1n) is 9.22. The van der Waals surface area contributed by atoms with Crippen molar-refractivity contribution < 1.29 is 19.1 Å². The van der Waals surface area contributed by atoms with Gasteiger partial charge in [-0.3, -0.25) is 9.69 Å². The summed E-state index contributed by atoms with van der Waals surface area (Å²) < 4.78 is 10.6. The molecule has 1 aliphatic rings. The highest BCUT2D eigenvalue weighted by Crippen LogP contribution is 2.11. The van der Waals surface area contributed by atoms with E-state index in [2.05, 4.69) is 15.5 Å². The molecule has 1 aliphatic heterocycles. The van der Waals surface area contributed by atoms with Gasteiger partial charge in [0.05, 0.1) is 13.2 Å². The minimum Gasteiger partial charge on any atom is -0.444 e. The van der Waals surface area contributed by atoms with Crippen molar-refractivity contribution in [2.75, 3.05) is 32.8 Å². The van der Waals surface area contributed by atoms with Crippen LogP contribution in [0.4, 0.5) is 4.79 Å². The first kappa shape index (κ1) is 21.7. The van der Waals surface area contributed by atoms with Crippen molar-refractivity contribution in [2.24, 2.45) is 5.92 Å². The second-order valence-electron chi connectivity index (χ2n) is 7.83. The molecule has 0 unspecified atom stereocenters. The van der Waals surface area contributed by atoms with Crippen molar-refractivity contribution in [3.05, 3.63) is 0 Å². The number of morpholine rings is 1. The Labute approximate surface area is 151 Å². The van der Waals surface area contributed by atoms with E-state index in [-0.39, 0.29) is 17.9 Å². The Morgan fingerprint density at radius 2 is 1.76 bits per heavy atom. The molecule has 7 nitrogen and oxygen atoms in total. The van der Waals surface area contributed by atoms with Crippen LogP contribution in [0.2, 0.25) is 0 Å². The van der Waals surface area contributed by atoms with E-state index in [1.54, 1.807) is 20.8 Å². The zero-order valence-electron chi connectivity index (χ0n) is 16.6. The predicted molar refractivity (Wildman–Crippen MR) is 97.5 cm³/mol. The van der Waals surface area contributed by atoms with Crippen molar-refractivity contribution in [1.29, 1.82) is 0 Å². The SMILES string of the molecule is CC[C@H](C)[C@H](NC(=O)OC(C)(C)C)C(=O)N[C@@H](C)CN1CCOCC1. The summed E-state index contributed by atoms with van der Waals surface area (Å²) in [4.78, 5) is 27.0. The Balaban J connectivity index is 2.58. The van der Waals surface area contributed by atoms with E-state index in [4.69, 9.17) is 9.47 Å². The Morgan fingerprint density at radius 3 is 2.28 bits per heavy atom. The zero-order valence-corrected chi connectivity index (χ0v) is 16.6. The Bertz CT molecular complexity index is 431. The minimum absolute atomic E-state index is 0.00223. The maximum atomic E-state index is 12.7. The van der Waals surface area contributed by atoms with Gasteiger partial charge in [0.15, 0.2) is 0 Å². The highest BCUT2D eigenvalue weighted by Gasteiger charge is 2.29. The zero-order chi connectivity index (χ0) is 19.0. The second-order valence-corrected chi connectivity index (χ2v) is 7.83. The van der Waals surface area contributed by atoms with Gasteiger partial charge in [-0.25, -0.2) is 4.79 Å². The molecule has 0 radical (unpaired) electrons. The number of rotatable bonds is 7. The molecular formula is C18H35N3O4. The van der Waals surface area contributed by atoms with Gasteiger partial charge in [0.1, 0.15) is 11.6 Å². The molecule has 7 heteroatoms. The maximum absolute atomic E-state index is 12.7. The number of hydrogen-bond donors (Lipinski definition) is 2. The van der Waals surface area contributed by atoms with E-state index in [0.29, 0.717) is 0 Å². The summed E-state index contributed by atoms with van der Waals surface area (Å²) in [5, 5.41) is 5.75. The number of amides is 2. The number of hydrogen-bond acceptors (Lipinski definition) is 5. The van der Waals surface area contributed by atoms with E-state index in [0.717, 1.165) is 39.3 Å². The molecule has 25 heavy (non-hydrogen) atoms. The molecule has 1 fully saturated rings. The van der Waals surface area contributed by atoms with Crippen LogP contribution < -0.4 is 10.6 Å². The highest BCUT2D eigenvalue weighted by atomic mass is 16.6. The van der Waals surface area contributed by atoms with Crippen LogP contribution in [0.15, 0.2) is 0 Å². The lowest BCUT2D eigenvalue weighted by Crippen LogP contribution is -2.55. The molecule has 0 aromatic carbocycles. The lowest BCUT2D eigenvalue weighted by molar-refractivity contribution is -0.125. The summed E-state index contributed by atoms with van der Waals surface area (Å²) in [6.45, 7) is 15.3. The summed E-state index contributed by atoms with van der Waals surface area (Å²) in [6.07, 6.45) is 0.222. The Morgan fingerprint density at radius 1 is 1.16 bits per heavy atom. The quantitative estimate of drug-likeness (QED) is 0.726. The van der Waals surface area contributed by atoms with Crippen molar-refractivity contribution in [3.8, 4) is 0 Å². The van der Waals surface area contributed by atoms with Gasteiger partial charge in [0.2, 0.25) is 5.91 Å². The molecule has 0 bridgehead atoms. The molecule has 1 rings (SSSR count). The lowest BCUT2D eigenvalue weighted by Gasteiger charge is -2.31. The van der Waals surface area contributed by atoms with Crippen LogP contribution in [-0.4, -0.2) is 67.4 Å². The third-order valence-corrected chi connectivity index (χ3v) is 4.19. The van der Waals surface area contributed by atoms with E-state index >= 15 is 0 Å². The third kappa shape index (κ3) is 8.54. The Hall–Kier alpha value is -1.34. The molecule has 0 aromatic heterocycles. The van der Waals surface area contributed by atoms with Gasteiger partial charge in [-0.1, -0.05) is 20.3 Å². The van der Waals surface area contributed by atoms with E-state index in [1.165, 1.54) is 0 Å². The van der Waals surface area contributed by atoms with Crippen LogP contribution in [0.1, 0.15) is 48.0 Å². The summed E-state index contributed by atoms with van der Waals surface area (Å²) >= 11 is 0. The molecule has 3 atom stereocenters. The topological polar surface area (TPSA) is 79.9 Å². The standard InChI is InChI=1S/C18H35N3O4/c1-7-13(2)15(20-17(23)25-18(4,5)6)16(22)19-14(3)12-21-8-10-24-11-9-21/h13-15H,7-12H2,1-6H3,(H,19,22)(H,20,23)/t13-,14-,15-/m0/s1. The molecule has 2 amide bonds. The van der Waals surface area contributed by atoms with Crippen LogP contribution in [-0.2, 0) is 14.3 Å². The normalized spacial score (nSPS) is 19.6. The fourth-order valence-electron chi connectivity index (χ4n) is 2.69. The number of nitrogens with zero attached hydrogens (tertiary/aromatic N) is 1. The first-order chi connectivity index (χ1) is 11.6.